The number of hydrogen-bond acceptors (Lipinski definition) is 7. The van der Waals surface area contributed by atoms with Gasteiger partial charge in [-0.25, -0.2) is 8.42 Å². The number of piperazine rings is 1. The maximum atomic E-state index is 12.9. The van der Waals surface area contributed by atoms with Gasteiger partial charge < -0.3 is 20.9 Å². The van der Waals surface area contributed by atoms with Crippen molar-refractivity contribution in [1.29, 1.82) is 0 Å². The van der Waals surface area contributed by atoms with Crippen molar-refractivity contribution in [2.24, 2.45) is 5.92 Å². The summed E-state index contributed by atoms with van der Waals surface area (Å²) < 4.78 is 25.0. The van der Waals surface area contributed by atoms with Crippen LogP contribution >= 0.6 is 0 Å². The zero-order valence-corrected chi connectivity index (χ0v) is 19.2. The van der Waals surface area contributed by atoms with Crippen molar-refractivity contribution in [3.63, 3.8) is 0 Å². The maximum Gasteiger partial charge on any atom is 0.245 e. The van der Waals surface area contributed by atoms with Crippen molar-refractivity contribution in [3.05, 3.63) is 0 Å². The fourth-order valence-corrected chi connectivity index (χ4v) is 5.41. The van der Waals surface area contributed by atoms with Crippen LogP contribution in [0.1, 0.15) is 27.2 Å². The van der Waals surface area contributed by atoms with E-state index >= 15 is 0 Å². The third-order valence-electron chi connectivity index (χ3n) is 5.45. The van der Waals surface area contributed by atoms with Crippen molar-refractivity contribution in [3.8, 4) is 0 Å². The third-order valence-corrected chi connectivity index (χ3v) is 7.61. The Bertz CT molecular complexity index is 800. The smallest absolute Gasteiger partial charge is 0.245 e. The van der Waals surface area contributed by atoms with Crippen LogP contribution in [-0.2, 0) is 29.0 Å². The molecule has 4 amide bonds. The Morgan fingerprint density at radius 1 is 1.23 bits per heavy atom. The van der Waals surface area contributed by atoms with Crippen LogP contribution in [-0.4, -0.2) is 105 Å². The number of amides is 4. The standard InChI is InChI=1S/C19H33N5O6S/c1-13(2)18(22-14(3)25)19(28)24-8-9-31(29,30)15(10-24)4-5-20-16(26)11-23-7-6-21-17(27)12-23/h13,15,18H,4-12H2,1-3H3,(H,20,26)(H,21,27)(H,22,25)/t15?,18-/m1/s1. The third kappa shape index (κ3) is 7.46. The van der Waals surface area contributed by atoms with Gasteiger partial charge in [-0.1, -0.05) is 13.8 Å². The second kappa shape index (κ2) is 10.9. The summed E-state index contributed by atoms with van der Waals surface area (Å²) in [6.07, 6.45) is 0.185. The molecule has 0 radical (unpaired) electrons. The van der Waals surface area contributed by atoms with Gasteiger partial charge in [0.1, 0.15) is 6.04 Å². The van der Waals surface area contributed by atoms with E-state index in [1.54, 1.807) is 4.90 Å². The van der Waals surface area contributed by atoms with Gasteiger partial charge in [-0.2, -0.15) is 0 Å². The van der Waals surface area contributed by atoms with E-state index in [0.717, 1.165) is 0 Å². The van der Waals surface area contributed by atoms with Crippen LogP contribution in [0.25, 0.3) is 0 Å². The van der Waals surface area contributed by atoms with Gasteiger partial charge in [-0.15, -0.1) is 0 Å². The van der Waals surface area contributed by atoms with Gasteiger partial charge in [-0.05, 0) is 12.3 Å². The highest BCUT2D eigenvalue weighted by molar-refractivity contribution is 7.92. The molecule has 2 atom stereocenters. The maximum absolute atomic E-state index is 12.9. The number of carbonyl (C=O) groups excluding carboxylic acids is 4. The minimum atomic E-state index is -3.39. The summed E-state index contributed by atoms with van der Waals surface area (Å²) in [4.78, 5) is 51.0. The minimum Gasteiger partial charge on any atom is -0.355 e. The van der Waals surface area contributed by atoms with E-state index in [0.29, 0.717) is 13.1 Å². The SMILES string of the molecule is CC(=O)N[C@@H](C(=O)N1CCS(=O)(=O)C(CCNC(=O)CN2CCNC(=O)C2)C1)C(C)C. The quantitative estimate of drug-likeness (QED) is 0.370. The van der Waals surface area contributed by atoms with Crippen LogP contribution < -0.4 is 16.0 Å². The Hall–Kier alpha value is -2.21. The van der Waals surface area contributed by atoms with Gasteiger partial charge in [0.15, 0.2) is 9.84 Å². The molecule has 0 aromatic rings. The molecule has 0 aromatic heterocycles. The first kappa shape index (κ1) is 25.1. The Balaban J connectivity index is 1.89. The number of rotatable bonds is 8. The lowest BCUT2D eigenvalue weighted by molar-refractivity contribution is -0.137. The van der Waals surface area contributed by atoms with Gasteiger partial charge >= 0.3 is 0 Å². The summed E-state index contributed by atoms with van der Waals surface area (Å²) in [5.41, 5.74) is 0. The van der Waals surface area contributed by atoms with Crippen molar-refractivity contribution < 1.29 is 27.6 Å². The Kier molecular flexibility index (Phi) is 8.80. The molecule has 176 valence electrons. The second-order valence-corrected chi connectivity index (χ2v) is 10.8. The van der Waals surface area contributed by atoms with Crippen molar-refractivity contribution in [1.82, 2.24) is 25.8 Å². The predicted molar refractivity (Wildman–Crippen MR) is 114 cm³/mol. The molecule has 31 heavy (non-hydrogen) atoms. The first-order valence-electron chi connectivity index (χ1n) is 10.5. The van der Waals surface area contributed by atoms with Gasteiger partial charge in [0.05, 0.1) is 24.1 Å². The van der Waals surface area contributed by atoms with Crippen LogP contribution in [0, 0.1) is 5.92 Å². The average Bonchev–Trinajstić information content (AvgIpc) is 2.66. The lowest BCUT2D eigenvalue weighted by atomic mass is 10.0. The highest BCUT2D eigenvalue weighted by Gasteiger charge is 2.37. The van der Waals surface area contributed by atoms with Gasteiger partial charge in [0.25, 0.3) is 0 Å². The molecule has 2 rings (SSSR count). The van der Waals surface area contributed by atoms with E-state index in [1.165, 1.54) is 11.8 Å². The number of nitrogens with zero attached hydrogens (tertiary/aromatic N) is 2. The van der Waals surface area contributed by atoms with Crippen molar-refractivity contribution >= 4 is 33.5 Å². The largest absolute Gasteiger partial charge is 0.355 e. The second-order valence-electron chi connectivity index (χ2n) is 8.39. The van der Waals surface area contributed by atoms with E-state index in [4.69, 9.17) is 0 Å². The molecule has 2 fully saturated rings. The topological polar surface area (TPSA) is 145 Å². The predicted octanol–water partition coefficient (Wildman–Crippen LogP) is -2.29. The zero-order valence-electron chi connectivity index (χ0n) is 18.3. The van der Waals surface area contributed by atoms with Gasteiger partial charge in [0, 0.05) is 39.6 Å². The van der Waals surface area contributed by atoms with Crippen molar-refractivity contribution in [2.45, 2.75) is 38.5 Å². The van der Waals surface area contributed by atoms with E-state index in [-0.39, 0.29) is 74.4 Å². The molecule has 12 heteroatoms. The van der Waals surface area contributed by atoms with E-state index < -0.39 is 21.1 Å². The summed E-state index contributed by atoms with van der Waals surface area (Å²) in [7, 11) is -3.39. The molecular formula is C19H33N5O6S. The molecule has 2 saturated heterocycles. The summed E-state index contributed by atoms with van der Waals surface area (Å²) >= 11 is 0. The fourth-order valence-electron chi connectivity index (χ4n) is 3.71. The van der Waals surface area contributed by atoms with Crippen LogP contribution in [0.2, 0.25) is 0 Å². The molecule has 0 bridgehead atoms. The Morgan fingerprint density at radius 3 is 2.55 bits per heavy atom. The average molecular weight is 460 g/mol. The summed E-state index contributed by atoms with van der Waals surface area (Å²) in [6.45, 7) is 6.56. The highest BCUT2D eigenvalue weighted by Crippen LogP contribution is 2.18. The summed E-state index contributed by atoms with van der Waals surface area (Å²) in [5.74, 6) is -1.30. The van der Waals surface area contributed by atoms with E-state index in [2.05, 4.69) is 16.0 Å². The van der Waals surface area contributed by atoms with E-state index in [1.807, 2.05) is 13.8 Å². The molecule has 3 N–H and O–H groups in total. The summed E-state index contributed by atoms with van der Waals surface area (Å²) in [5, 5.41) is 7.25. The molecule has 0 spiro atoms. The molecule has 0 aromatic carbocycles. The number of hydrogen-bond donors (Lipinski definition) is 3. The van der Waals surface area contributed by atoms with Crippen LogP contribution in [0.4, 0.5) is 0 Å². The molecule has 0 aliphatic carbocycles. The van der Waals surface area contributed by atoms with Crippen LogP contribution in [0.3, 0.4) is 0 Å². The lowest BCUT2D eigenvalue weighted by Crippen LogP contribution is -2.57. The monoisotopic (exact) mass is 459 g/mol. The highest BCUT2D eigenvalue weighted by atomic mass is 32.2. The Labute approximate surface area is 183 Å². The van der Waals surface area contributed by atoms with Crippen molar-refractivity contribution in [2.75, 3.05) is 51.6 Å². The number of carbonyl (C=O) groups is 4. The summed E-state index contributed by atoms with van der Waals surface area (Å²) in [6, 6.07) is -0.708. The van der Waals surface area contributed by atoms with E-state index in [9.17, 15) is 27.6 Å². The molecule has 2 aliphatic heterocycles. The first-order chi connectivity index (χ1) is 14.5. The lowest BCUT2D eigenvalue weighted by Gasteiger charge is -2.36. The number of sulfone groups is 1. The normalized spacial score (nSPS) is 22.5. The molecular weight excluding hydrogens is 426 g/mol. The molecule has 11 nitrogen and oxygen atoms in total. The van der Waals surface area contributed by atoms with Crippen LogP contribution in [0.15, 0.2) is 0 Å². The first-order valence-corrected chi connectivity index (χ1v) is 12.2. The van der Waals surface area contributed by atoms with Gasteiger partial charge in [0.2, 0.25) is 23.6 Å². The molecule has 1 unspecified atom stereocenters. The Morgan fingerprint density at radius 2 is 1.94 bits per heavy atom. The zero-order chi connectivity index (χ0) is 23.2. The van der Waals surface area contributed by atoms with Gasteiger partial charge in [-0.3, -0.25) is 24.1 Å². The minimum absolute atomic E-state index is 0.0339. The fraction of sp³-hybridized carbons (Fsp3) is 0.789. The molecule has 2 aliphatic rings. The number of nitrogens with one attached hydrogen (secondary N) is 3. The molecule has 0 saturated carbocycles. The molecule has 2 heterocycles. The van der Waals surface area contributed by atoms with Crippen LogP contribution in [0.5, 0.6) is 0 Å².